The molecular weight excluding hydrogens is 358 g/mol. The highest BCUT2D eigenvalue weighted by molar-refractivity contribution is 7.89. The van der Waals surface area contributed by atoms with Crippen molar-refractivity contribution in [1.29, 1.82) is 0 Å². The van der Waals surface area contributed by atoms with Gasteiger partial charge in [-0.15, -0.1) is 0 Å². The first-order valence-corrected chi connectivity index (χ1v) is 9.28. The molecule has 0 aromatic heterocycles. The van der Waals surface area contributed by atoms with Gasteiger partial charge in [-0.3, -0.25) is 0 Å². The maximum atomic E-state index is 12.4. The highest BCUT2D eigenvalue weighted by Crippen LogP contribution is 2.27. The topological polar surface area (TPSA) is 90.9 Å². The number of esters is 1. The number of sulfonamides is 1. The van der Waals surface area contributed by atoms with Crippen molar-refractivity contribution in [3.05, 3.63) is 53.6 Å². The summed E-state index contributed by atoms with van der Waals surface area (Å²) >= 11 is 0. The standard InChI is InChI=1S/C18H21NO6S/c1-23-16-8-7-13(11-17(16)24-2)9-10-19-26(21,22)15-6-4-5-14(12-15)18(20)25-3/h4-8,11-12,19H,9-10H2,1-3H3. The van der Waals surface area contributed by atoms with E-state index in [2.05, 4.69) is 9.46 Å². The zero-order chi connectivity index (χ0) is 19.2. The lowest BCUT2D eigenvalue weighted by Crippen LogP contribution is -2.26. The molecule has 0 aliphatic heterocycles. The van der Waals surface area contributed by atoms with Crippen LogP contribution in [0.3, 0.4) is 0 Å². The molecule has 8 heteroatoms. The molecule has 0 heterocycles. The molecule has 0 unspecified atom stereocenters. The quantitative estimate of drug-likeness (QED) is 0.706. The third-order valence-corrected chi connectivity index (χ3v) is 5.18. The van der Waals surface area contributed by atoms with Gasteiger partial charge in [-0.1, -0.05) is 12.1 Å². The Balaban J connectivity index is 2.06. The van der Waals surface area contributed by atoms with Gasteiger partial charge in [0.05, 0.1) is 31.8 Å². The van der Waals surface area contributed by atoms with E-state index in [0.717, 1.165) is 5.56 Å². The molecule has 2 rings (SSSR count). The van der Waals surface area contributed by atoms with Crippen molar-refractivity contribution in [1.82, 2.24) is 4.72 Å². The minimum atomic E-state index is -3.74. The lowest BCUT2D eigenvalue weighted by Gasteiger charge is -2.11. The van der Waals surface area contributed by atoms with E-state index in [9.17, 15) is 13.2 Å². The Morgan fingerprint density at radius 1 is 1.00 bits per heavy atom. The van der Waals surface area contributed by atoms with Crippen LogP contribution in [0.15, 0.2) is 47.4 Å². The molecule has 0 saturated carbocycles. The predicted molar refractivity (Wildman–Crippen MR) is 96.2 cm³/mol. The summed E-state index contributed by atoms with van der Waals surface area (Å²) in [4.78, 5) is 11.6. The van der Waals surface area contributed by atoms with E-state index in [4.69, 9.17) is 9.47 Å². The highest BCUT2D eigenvalue weighted by Gasteiger charge is 2.16. The maximum absolute atomic E-state index is 12.4. The summed E-state index contributed by atoms with van der Waals surface area (Å²) in [6.07, 6.45) is 0.469. The third kappa shape index (κ3) is 4.74. The second-order valence-electron chi connectivity index (χ2n) is 5.36. The van der Waals surface area contributed by atoms with Crippen LogP contribution in [0, 0.1) is 0 Å². The number of carbonyl (C=O) groups excluding carboxylic acids is 1. The molecule has 0 radical (unpaired) electrons. The molecule has 2 aromatic carbocycles. The summed E-state index contributed by atoms with van der Waals surface area (Å²) in [5, 5.41) is 0. The second kappa shape index (κ2) is 8.68. The summed E-state index contributed by atoms with van der Waals surface area (Å²) < 4.78 is 42.3. The van der Waals surface area contributed by atoms with Crippen molar-refractivity contribution < 1.29 is 27.4 Å². The Morgan fingerprint density at radius 3 is 2.38 bits per heavy atom. The molecule has 26 heavy (non-hydrogen) atoms. The Morgan fingerprint density at radius 2 is 1.73 bits per heavy atom. The molecule has 140 valence electrons. The maximum Gasteiger partial charge on any atom is 0.337 e. The fourth-order valence-electron chi connectivity index (χ4n) is 2.36. The summed E-state index contributed by atoms with van der Waals surface area (Å²) in [5.74, 6) is 0.600. The van der Waals surface area contributed by atoms with Crippen LogP contribution >= 0.6 is 0 Å². The van der Waals surface area contributed by atoms with Gasteiger partial charge in [0.15, 0.2) is 11.5 Å². The van der Waals surface area contributed by atoms with Crippen LogP contribution in [0.1, 0.15) is 15.9 Å². The highest BCUT2D eigenvalue weighted by atomic mass is 32.2. The van der Waals surface area contributed by atoms with E-state index in [1.165, 1.54) is 31.4 Å². The smallest absolute Gasteiger partial charge is 0.337 e. The molecule has 0 atom stereocenters. The number of carbonyl (C=O) groups is 1. The largest absolute Gasteiger partial charge is 0.493 e. The van der Waals surface area contributed by atoms with Crippen LogP contribution in [0.2, 0.25) is 0 Å². The summed E-state index contributed by atoms with van der Waals surface area (Å²) in [6, 6.07) is 11.1. The van der Waals surface area contributed by atoms with Gasteiger partial charge >= 0.3 is 5.97 Å². The van der Waals surface area contributed by atoms with Gasteiger partial charge in [0.1, 0.15) is 0 Å². The molecule has 0 aliphatic carbocycles. The Bertz CT molecular complexity index is 879. The molecule has 1 N–H and O–H groups in total. The third-order valence-electron chi connectivity index (χ3n) is 3.72. The molecule has 0 spiro atoms. The molecule has 2 aromatic rings. The fourth-order valence-corrected chi connectivity index (χ4v) is 3.43. The van der Waals surface area contributed by atoms with E-state index < -0.39 is 16.0 Å². The van der Waals surface area contributed by atoms with Gasteiger partial charge in [0, 0.05) is 6.54 Å². The molecular formula is C18H21NO6S. The van der Waals surface area contributed by atoms with Gasteiger partial charge in [0.2, 0.25) is 10.0 Å². The number of nitrogens with one attached hydrogen (secondary N) is 1. The molecule has 0 fully saturated rings. The normalized spacial score (nSPS) is 11.0. The van der Waals surface area contributed by atoms with Crippen molar-refractivity contribution in [2.45, 2.75) is 11.3 Å². The minimum Gasteiger partial charge on any atom is -0.493 e. The van der Waals surface area contributed by atoms with Crippen molar-refractivity contribution >= 4 is 16.0 Å². The van der Waals surface area contributed by atoms with Crippen molar-refractivity contribution in [2.75, 3.05) is 27.9 Å². The molecule has 0 amide bonds. The SMILES string of the molecule is COC(=O)c1cccc(S(=O)(=O)NCCc2ccc(OC)c(OC)c2)c1. The van der Waals surface area contributed by atoms with Gasteiger partial charge in [-0.05, 0) is 42.3 Å². The number of rotatable bonds is 8. The molecule has 7 nitrogen and oxygen atoms in total. The van der Waals surface area contributed by atoms with Crippen LogP contribution in [0.4, 0.5) is 0 Å². The van der Waals surface area contributed by atoms with Crippen LogP contribution < -0.4 is 14.2 Å². The summed E-state index contributed by atoms with van der Waals surface area (Å²) in [5.41, 5.74) is 1.07. The fraction of sp³-hybridized carbons (Fsp3) is 0.278. The Kier molecular flexibility index (Phi) is 6.59. The first-order chi connectivity index (χ1) is 12.4. The van der Waals surface area contributed by atoms with Crippen molar-refractivity contribution in [3.63, 3.8) is 0 Å². The van der Waals surface area contributed by atoms with E-state index in [-0.39, 0.29) is 17.0 Å². The van der Waals surface area contributed by atoms with Crippen molar-refractivity contribution in [3.8, 4) is 11.5 Å². The molecule has 0 aliphatic rings. The number of methoxy groups -OCH3 is 3. The molecule has 0 saturated heterocycles. The van der Waals surface area contributed by atoms with Crippen LogP contribution in [-0.2, 0) is 21.2 Å². The van der Waals surface area contributed by atoms with Gasteiger partial charge < -0.3 is 14.2 Å². The second-order valence-corrected chi connectivity index (χ2v) is 7.12. The number of ether oxygens (including phenoxy) is 3. The van der Waals surface area contributed by atoms with Gasteiger partial charge in [0.25, 0.3) is 0 Å². The van der Waals surface area contributed by atoms with E-state index in [1.807, 2.05) is 6.07 Å². The van der Waals surface area contributed by atoms with Crippen LogP contribution in [0.25, 0.3) is 0 Å². The van der Waals surface area contributed by atoms with Gasteiger partial charge in [-0.25, -0.2) is 17.9 Å². The first kappa shape index (κ1) is 19.7. The lowest BCUT2D eigenvalue weighted by atomic mass is 10.1. The zero-order valence-corrected chi connectivity index (χ0v) is 15.6. The van der Waals surface area contributed by atoms with E-state index >= 15 is 0 Å². The van der Waals surface area contributed by atoms with Crippen LogP contribution in [-0.4, -0.2) is 42.3 Å². The number of hydrogen-bond donors (Lipinski definition) is 1. The minimum absolute atomic E-state index is 0.00714. The van der Waals surface area contributed by atoms with E-state index in [1.54, 1.807) is 26.4 Å². The lowest BCUT2D eigenvalue weighted by molar-refractivity contribution is 0.0600. The monoisotopic (exact) mass is 379 g/mol. The zero-order valence-electron chi connectivity index (χ0n) is 14.8. The first-order valence-electron chi connectivity index (χ1n) is 7.80. The molecule has 0 bridgehead atoms. The van der Waals surface area contributed by atoms with Crippen LogP contribution in [0.5, 0.6) is 11.5 Å². The average Bonchev–Trinajstić information content (AvgIpc) is 2.67. The average molecular weight is 379 g/mol. The van der Waals surface area contributed by atoms with E-state index in [0.29, 0.717) is 17.9 Å². The summed E-state index contributed by atoms with van der Waals surface area (Å²) in [7, 11) is 0.594. The van der Waals surface area contributed by atoms with Crippen molar-refractivity contribution in [2.24, 2.45) is 0 Å². The number of hydrogen-bond acceptors (Lipinski definition) is 6. The Labute approximate surface area is 152 Å². The Hall–Kier alpha value is -2.58. The summed E-state index contributed by atoms with van der Waals surface area (Å²) in [6.45, 7) is 0.195. The predicted octanol–water partition coefficient (Wildman–Crippen LogP) is 2.01. The van der Waals surface area contributed by atoms with Gasteiger partial charge in [-0.2, -0.15) is 0 Å². The number of benzene rings is 2.